The molecule has 0 saturated heterocycles. The average molecular weight is 301 g/mol. The van der Waals surface area contributed by atoms with Crippen LogP contribution in [0, 0.1) is 0 Å². The second-order valence-electron chi connectivity index (χ2n) is 5.41. The zero-order valence-electron chi connectivity index (χ0n) is 12.2. The highest BCUT2D eigenvalue weighted by Gasteiger charge is 2.23. The smallest absolute Gasteiger partial charge is 0.220 e. The Kier molecular flexibility index (Phi) is 4.44. The van der Waals surface area contributed by atoms with Gasteiger partial charge in [-0.25, -0.2) is 0 Å². The fourth-order valence-electron chi connectivity index (χ4n) is 2.72. The SMILES string of the molecule is O=C(CC1CCOc2ccccc21)NCC(O)c1ccco1. The second kappa shape index (κ2) is 6.66. The van der Waals surface area contributed by atoms with Gasteiger partial charge in [0.15, 0.2) is 0 Å². The lowest BCUT2D eigenvalue weighted by Crippen LogP contribution is -2.30. The Morgan fingerprint density at radius 1 is 1.32 bits per heavy atom. The largest absolute Gasteiger partial charge is 0.493 e. The number of ether oxygens (including phenoxy) is 1. The monoisotopic (exact) mass is 301 g/mol. The normalized spacial score (nSPS) is 18.1. The maximum atomic E-state index is 12.1. The van der Waals surface area contributed by atoms with Crippen molar-refractivity contribution < 1.29 is 19.1 Å². The number of furan rings is 1. The van der Waals surface area contributed by atoms with Crippen molar-refractivity contribution >= 4 is 5.91 Å². The summed E-state index contributed by atoms with van der Waals surface area (Å²) in [7, 11) is 0. The summed E-state index contributed by atoms with van der Waals surface area (Å²) in [5.74, 6) is 1.40. The van der Waals surface area contributed by atoms with Gasteiger partial charge in [-0.3, -0.25) is 4.79 Å². The molecule has 0 saturated carbocycles. The topological polar surface area (TPSA) is 71.7 Å². The molecule has 1 aromatic carbocycles. The van der Waals surface area contributed by atoms with Gasteiger partial charge in [-0.2, -0.15) is 0 Å². The average Bonchev–Trinajstić information content (AvgIpc) is 3.07. The van der Waals surface area contributed by atoms with E-state index >= 15 is 0 Å². The molecule has 2 N–H and O–H groups in total. The molecule has 3 rings (SSSR count). The van der Waals surface area contributed by atoms with Crippen LogP contribution in [0.2, 0.25) is 0 Å². The van der Waals surface area contributed by atoms with Crippen LogP contribution in [0.1, 0.15) is 36.2 Å². The lowest BCUT2D eigenvalue weighted by Gasteiger charge is -2.25. The Labute approximate surface area is 128 Å². The fourth-order valence-corrected chi connectivity index (χ4v) is 2.72. The molecule has 1 aromatic heterocycles. The molecular weight excluding hydrogens is 282 g/mol. The minimum absolute atomic E-state index is 0.0766. The van der Waals surface area contributed by atoms with Gasteiger partial charge in [-0.15, -0.1) is 0 Å². The quantitative estimate of drug-likeness (QED) is 0.889. The summed E-state index contributed by atoms with van der Waals surface area (Å²) >= 11 is 0. The summed E-state index contributed by atoms with van der Waals surface area (Å²) < 4.78 is 10.7. The van der Waals surface area contributed by atoms with Crippen molar-refractivity contribution in [3.05, 3.63) is 54.0 Å². The van der Waals surface area contributed by atoms with Crippen LogP contribution >= 0.6 is 0 Å². The lowest BCUT2D eigenvalue weighted by molar-refractivity contribution is -0.122. The fraction of sp³-hybridized carbons (Fsp3) is 0.353. The van der Waals surface area contributed by atoms with E-state index in [4.69, 9.17) is 9.15 Å². The number of aliphatic hydroxyl groups excluding tert-OH is 1. The Balaban J connectivity index is 1.54. The van der Waals surface area contributed by atoms with Crippen molar-refractivity contribution in [3.8, 4) is 5.75 Å². The molecule has 22 heavy (non-hydrogen) atoms. The molecule has 1 aliphatic rings. The minimum Gasteiger partial charge on any atom is -0.493 e. The molecule has 116 valence electrons. The van der Waals surface area contributed by atoms with Crippen molar-refractivity contribution in [1.82, 2.24) is 5.32 Å². The van der Waals surface area contributed by atoms with E-state index in [-0.39, 0.29) is 18.4 Å². The number of rotatable bonds is 5. The first-order chi connectivity index (χ1) is 10.7. The molecule has 0 radical (unpaired) electrons. The van der Waals surface area contributed by atoms with Crippen LogP contribution < -0.4 is 10.1 Å². The molecule has 1 aliphatic heterocycles. The summed E-state index contributed by atoms with van der Waals surface area (Å²) in [6.07, 6.45) is 1.90. The number of fused-ring (bicyclic) bond motifs is 1. The van der Waals surface area contributed by atoms with Crippen LogP contribution in [0.3, 0.4) is 0 Å². The molecule has 0 aliphatic carbocycles. The number of para-hydroxylation sites is 1. The van der Waals surface area contributed by atoms with Crippen LogP contribution in [0.4, 0.5) is 0 Å². The summed E-state index contributed by atoms with van der Waals surface area (Å²) in [4.78, 5) is 12.1. The van der Waals surface area contributed by atoms with Gasteiger partial charge in [0.2, 0.25) is 5.91 Å². The van der Waals surface area contributed by atoms with Gasteiger partial charge in [0.05, 0.1) is 19.4 Å². The summed E-state index contributed by atoms with van der Waals surface area (Å²) in [5.41, 5.74) is 1.08. The van der Waals surface area contributed by atoms with Crippen molar-refractivity contribution in [2.75, 3.05) is 13.2 Å². The van der Waals surface area contributed by atoms with Gasteiger partial charge in [-0.1, -0.05) is 18.2 Å². The third-order valence-electron chi connectivity index (χ3n) is 3.88. The first kappa shape index (κ1) is 14.7. The van der Waals surface area contributed by atoms with Gasteiger partial charge in [0, 0.05) is 6.42 Å². The van der Waals surface area contributed by atoms with E-state index in [1.807, 2.05) is 24.3 Å². The Morgan fingerprint density at radius 2 is 2.18 bits per heavy atom. The number of hydrogen-bond acceptors (Lipinski definition) is 4. The molecule has 5 nitrogen and oxygen atoms in total. The summed E-state index contributed by atoms with van der Waals surface area (Å²) in [5, 5.41) is 12.7. The van der Waals surface area contributed by atoms with Gasteiger partial charge in [0.25, 0.3) is 0 Å². The van der Waals surface area contributed by atoms with Crippen LogP contribution in [0.25, 0.3) is 0 Å². The van der Waals surface area contributed by atoms with Gasteiger partial charge in [0.1, 0.15) is 17.6 Å². The Morgan fingerprint density at radius 3 is 3.00 bits per heavy atom. The highest BCUT2D eigenvalue weighted by Crippen LogP contribution is 2.35. The third kappa shape index (κ3) is 3.31. The van der Waals surface area contributed by atoms with E-state index in [2.05, 4.69) is 5.32 Å². The molecule has 2 aromatic rings. The first-order valence-corrected chi connectivity index (χ1v) is 7.44. The Hall–Kier alpha value is -2.27. The lowest BCUT2D eigenvalue weighted by atomic mass is 9.90. The summed E-state index contributed by atoms with van der Waals surface area (Å²) in [6.45, 7) is 0.779. The second-order valence-corrected chi connectivity index (χ2v) is 5.41. The van der Waals surface area contributed by atoms with E-state index in [1.54, 1.807) is 12.1 Å². The molecule has 0 fully saturated rings. The van der Waals surface area contributed by atoms with Gasteiger partial charge >= 0.3 is 0 Å². The molecule has 5 heteroatoms. The molecule has 1 amide bonds. The number of carbonyl (C=O) groups is 1. The number of aliphatic hydroxyl groups is 1. The molecule has 0 bridgehead atoms. The predicted molar refractivity (Wildman–Crippen MR) is 80.6 cm³/mol. The third-order valence-corrected chi connectivity index (χ3v) is 3.88. The van der Waals surface area contributed by atoms with Crippen molar-refractivity contribution in [1.29, 1.82) is 0 Å². The van der Waals surface area contributed by atoms with Crippen molar-refractivity contribution in [3.63, 3.8) is 0 Å². The predicted octanol–water partition coefficient (Wildman–Crippen LogP) is 2.39. The minimum atomic E-state index is -0.819. The van der Waals surface area contributed by atoms with E-state index in [9.17, 15) is 9.90 Å². The van der Waals surface area contributed by atoms with Crippen LogP contribution in [-0.4, -0.2) is 24.2 Å². The molecule has 0 spiro atoms. The number of hydrogen-bond donors (Lipinski definition) is 2. The molecule has 2 unspecified atom stereocenters. The molecule has 2 heterocycles. The number of amides is 1. The zero-order chi connectivity index (χ0) is 15.4. The molecule has 2 atom stereocenters. The maximum Gasteiger partial charge on any atom is 0.220 e. The van der Waals surface area contributed by atoms with Gasteiger partial charge < -0.3 is 19.6 Å². The Bertz CT molecular complexity index is 623. The summed E-state index contributed by atoms with van der Waals surface area (Å²) in [6, 6.07) is 11.2. The standard InChI is InChI=1S/C17H19NO4/c19-14(16-6-3-8-21-16)11-18-17(20)10-12-7-9-22-15-5-2-1-4-13(12)15/h1-6,8,12,14,19H,7,9-11H2,(H,18,20). The number of carbonyl (C=O) groups excluding carboxylic acids is 1. The van der Waals surface area contributed by atoms with E-state index in [0.29, 0.717) is 18.8 Å². The van der Waals surface area contributed by atoms with Crippen molar-refractivity contribution in [2.24, 2.45) is 0 Å². The van der Waals surface area contributed by atoms with E-state index < -0.39 is 6.10 Å². The van der Waals surface area contributed by atoms with Crippen LogP contribution in [-0.2, 0) is 4.79 Å². The van der Waals surface area contributed by atoms with E-state index in [0.717, 1.165) is 17.7 Å². The van der Waals surface area contributed by atoms with Crippen molar-refractivity contribution in [2.45, 2.75) is 24.9 Å². The maximum absolute atomic E-state index is 12.1. The number of benzene rings is 1. The zero-order valence-corrected chi connectivity index (χ0v) is 12.2. The first-order valence-electron chi connectivity index (χ1n) is 7.44. The number of nitrogens with one attached hydrogen (secondary N) is 1. The van der Waals surface area contributed by atoms with E-state index in [1.165, 1.54) is 6.26 Å². The highest BCUT2D eigenvalue weighted by atomic mass is 16.5. The van der Waals surface area contributed by atoms with Gasteiger partial charge in [-0.05, 0) is 36.1 Å². The highest BCUT2D eigenvalue weighted by molar-refractivity contribution is 5.77. The molecular formula is C17H19NO4. The van der Waals surface area contributed by atoms with Crippen LogP contribution in [0.15, 0.2) is 47.1 Å². The van der Waals surface area contributed by atoms with Crippen LogP contribution in [0.5, 0.6) is 5.75 Å².